The molecule has 0 atom stereocenters. The maximum absolute atomic E-state index is 12.0. The quantitative estimate of drug-likeness (QED) is 0.403. The summed E-state index contributed by atoms with van der Waals surface area (Å²) in [4.78, 5) is 12.0. The lowest BCUT2D eigenvalue weighted by Crippen LogP contribution is -2.08. The first kappa shape index (κ1) is 18.4. The first-order valence-electron chi connectivity index (χ1n) is 7.52. The van der Waals surface area contributed by atoms with Gasteiger partial charge in [0.15, 0.2) is 0 Å². The Morgan fingerprint density at radius 3 is 2.58 bits per heavy atom. The van der Waals surface area contributed by atoms with Crippen LogP contribution in [-0.2, 0) is 4.79 Å². The van der Waals surface area contributed by atoms with Crippen LogP contribution < -0.4 is 11.1 Å². The molecule has 0 saturated carbocycles. The van der Waals surface area contributed by atoms with Crippen molar-refractivity contribution in [2.75, 3.05) is 11.1 Å². The summed E-state index contributed by atoms with van der Waals surface area (Å²) in [5.41, 5.74) is 7.29. The zero-order valence-electron chi connectivity index (χ0n) is 13.3. The van der Waals surface area contributed by atoms with E-state index in [1.807, 2.05) is 0 Å². The monoisotopic (exact) mass is 406 g/mol. The maximum atomic E-state index is 12.0. The number of anilines is 2. The van der Waals surface area contributed by atoms with Crippen molar-refractivity contribution in [3.8, 4) is 11.3 Å². The van der Waals surface area contributed by atoms with E-state index in [4.69, 9.17) is 45.0 Å². The highest BCUT2D eigenvalue weighted by atomic mass is 35.5. The molecule has 0 aliphatic carbocycles. The molecule has 0 radical (unpaired) electrons. The number of benzene rings is 2. The normalized spacial score (nSPS) is 11.0. The van der Waals surface area contributed by atoms with Gasteiger partial charge < -0.3 is 15.5 Å². The molecule has 1 heterocycles. The van der Waals surface area contributed by atoms with Crippen LogP contribution in [0.4, 0.5) is 11.4 Å². The molecule has 0 bridgehead atoms. The summed E-state index contributed by atoms with van der Waals surface area (Å²) in [5.74, 6) is 0.698. The molecule has 0 spiro atoms. The van der Waals surface area contributed by atoms with E-state index in [-0.39, 0.29) is 5.91 Å². The van der Waals surface area contributed by atoms with Gasteiger partial charge in [0.2, 0.25) is 5.91 Å². The molecule has 1 aromatic heterocycles. The number of hydrogen-bond donors (Lipinski definition) is 2. The van der Waals surface area contributed by atoms with E-state index in [0.29, 0.717) is 43.5 Å². The first-order valence-corrected chi connectivity index (χ1v) is 8.65. The zero-order chi connectivity index (χ0) is 18.7. The number of nitrogens with one attached hydrogen (secondary N) is 1. The highest BCUT2D eigenvalue weighted by Gasteiger charge is 2.09. The lowest BCUT2D eigenvalue weighted by molar-refractivity contribution is -0.111. The molecule has 0 fully saturated rings. The van der Waals surface area contributed by atoms with E-state index in [1.165, 1.54) is 6.08 Å². The Morgan fingerprint density at radius 2 is 1.81 bits per heavy atom. The van der Waals surface area contributed by atoms with Crippen LogP contribution in [0.1, 0.15) is 5.76 Å². The van der Waals surface area contributed by atoms with E-state index in [9.17, 15) is 4.79 Å². The van der Waals surface area contributed by atoms with Crippen molar-refractivity contribution >= 4 is 58.2 Å². The van der Waals surface area contributed by atoms with Crippen LogP contribution in [0, 0.1) is 0 Å². The molecule has 3 aromatic rings. The summed E-state index contributed by atoms with van der Waals surface area (Å²) >= 11 is 18.2. The Morgan fingerprint density at radius 1 is 1.00 bits per heavy atom. The predicted molar refractivity (Wildman–Crippen MR) is 108 cm³/mol. The first-order chi connectivity index (χ1) is 12.4. The van der Waals surface area contributed by atoms with Crippen LogP contribution in [0.2, 0.25) is 15.1 Å². The Kier molecular flexibility index (Phi) is 5.57. The Hall–Kier alpha value is -2.40. The summed E-state index contributed by atoms with van der Waals surface area (Å²) < 4.78 is 5.69. The third-order valence-corrected chi connectivity index (χ3v) is 4.35. The second-order valence-corrected chi connectivity index (χ2v) is 6.64. The minimum atomic E-state index is -0.351. The molecule has 4 nitrogen and oxygen atoms in total. The van der Waals surface area contributed by atoms with Gasteiger partial charge in [-0.3, -0.25) is 4.79 Å². The van der Waals surface area contributed by atoms with Gasteiger partial charge in [-0.1, -0.05) is 34.8 Å². The molecule has 7 heteroatoms. The van der Waals surface area contributed by atoms with Crippen LogP contribution in [0.3, 0.4) is 0 Å². The summed E-state index contributed by atoms with van der Waals surface area (Å²) in [7, 11) is 0. The zero-order valence-corrected chi connectivity index (χ0v) is 15.6. The standard InChI is InChI=1S/C19H13Cl3N2O2/c20-11-1-5-15(21)14(9-11)18-7-3-13(26-18)4-8-19(25)24-17-6-2-12(23)10-16(17)22/h1-10H,23H2,(H,24,25)/b8-4+. The topological polar surface area (TPSA) is 68.3 Å². The highest BCUT2D eigenvalue weighted by molar-refractivity contribution is 6.35. The highest BCUT2D eigenvalue weighted by Crippen LogP contribution is 2.32. The van der Waals surface area contributed by atoms with Crippen molar-refractivity contribution in [2.24, 2.45) is 0 Å². The van der Waals surface area contributed by atoms with E-state index in [1.54, 1.807) is 54.6 Å². The van der Waals surface area contributed by atoms with Crippen LogP contribution >= 0.6 is 34.8 Å². The number of rotatable bonds is 4. The summed E-state index contributed by atoms with van der Waals surface area (Å²) in [6, 6.07) is 13.4. The van der Waals surface area contributed by atoms with Gasteiger partial charge in [-0.25, -0.2) is 0 Å². The van der Waals surface area contributed by atoms with Crippen molar-refractivity contribution < 1.29 is 9.21 Å². The third-order valence-electron chi connectivity index (χ3n) is 3.47. The molecular weight excluding hydrogens is 395 g/mol. The second-order valence-electron chi connectivity index (χ2n) is 5.39. The number of nitrogen functional groups attached to an aromatic ring is 1. The average molecular weight is 408 g/mol. The fraction of sp³-hybridized carbons (Fsp3) is 0. The number of carbonyl (C=O) groups excluding carboxylic acids is 1. The fourth-order valence-electron chi connectivity index (χ4n) is 2.24. The van der Waals surface area contributed by atoms with Gasteiger partial charge in [0.25, 0.3) is 0 Å². The lowest BCUT2D eigenvalue weighted by atomic mass is 10.2. The smallest absolute Gasteiger partial charge is 0.248 e. The van der Waals surface area contributed by atoms with Gasteiger partial charge in [0, 0.05) is 22.3 Å². The van der Waals surface area contributed by atoms with E-state index >= 15 is 0 Å². The lowest BCUT2D eigenvalue weighted by Gasteiger charge is -2.05. The molecule has 2 aromatic carbocycles. The van der Waals surface area contributed by atoms with Crippen molar-refractivity contribution in [3.05, 3.63) is 75.4 Å². The van der Waals surface area contributed by atoms with Gasteiger partial charge in [-0.2, -0.15) is 0 Å². The van der Waals surface area contributed by atoms with Crippen molar-refractivity contribution in [1.29, 1.82) is 0 Å². The third kappa shape index (κ3) is 4.41. The molecule has 26 heavy (non-hydrogen) atoms. The van der Waals surface area contributed by atoms with E-state index in [2.05, 4.69) is 5.32 Å². The fourth-order valence-corrected chi connectivity index (χ4v) is 2.86. The van der Waals surface area contributed by atoms with Crippen LogP contribution in [0.15, 0.2) is 59.0 Å². The minimum Gasteiger partial charge on any atom is -0.457 e. The molecule has 132 valence electrons. The number of halogens is 3. The van der Waals surface area contributed by atoms with Crippen molar-refractivity contribution in [2.45, 2.75) is 0 Å². The van der Waals surface area contributed by atoms with Gasteiger partial charge in [0.05, 0.1) is 15.7 Å². The van der Waals surface area contributed by atoms with Gasteiger partial charge in [-0.15, -0.1) is 0 Å². The van der Waals surface area contributed by atoms with Crippen LogP contribution in [0.5, 0.6) is 0 Å². The van der Waals surface area contributed by atoms with Gasteiger partial charge >= 0.3 is 0 Å². The number of carbonyl (C=O) groups is 1. The van der Waals surface area contributed by atoms with E-state index in [0.717, 1.165) is 0 Å². The molecule has 1 amide bonds. The van der Waals surface area contributed by atoms with E-state index < -0.39 is 0 Å². The average Bonchev–Trinajstić information content (AvgIpc) is 3.06. The minimum absolute atomic E-state index is 0.351. The molecule has 0 saturated heterocycles. The van der Waals surface area contributed by atoms with Gasteiger partial charge in [0.1, 0.15) is 11.5 Å². The largest absolute Gasteiger partial charge is 0.457 e. The summed E-state index contributed by atoms with van der Waals surface area (Å²) in [6.45, 7) is 0. The number of furan rings is 1. The Bertz CT molecular complexity index is 996. The predicted octanol–water partition coefficient (Wildman–Crippen LogP) is 6.14. The molecular formula is C19H13Cl3N2O2. The molecule has 0 unspecified atom stereocenters. The van der Waals surface area contributed by atoms with Crippen LogP contribution in [0.25, 0.3) is 17.4 Å². The Labute approximate surface area is 165 Å². The number of nitrogens with two attached hydrogens (primary N) is 1. The Balaban J connectivity index is 1.72. The number of hydrogen-bond acceptors (Lipinski definition) is 3. The molecule has 3 rings (SSSR count). The summed E-state index contributed by atoms with van der Waals surface area (Å²) in [5, 5.41) is 4.11. The molecule has 0 aliphatic heterocycles. The van der Waals surface area contributed by atoms with Crippen LogP contribution in [-0.4, -0.2) is 5.91 Å². The molecule has 0 aliphatic rings. The van der Waals surface area contributed by atoms with Gasteiger partial charge in [-0.05, 0) is 54.6 Å². The maximum Gasteiger partial charge on any atom is 0.248 e. The van der Waals surface area contributed by atoms with Crippen molar-refractivity contribution in [1.82, 2.24) is 0 Å². The summed E-state index contributed by atoms with van der Waals surface area (Å²) in [6.07, 6.45) is 2.89. The SMILES string of the molecule is Nc1ccc(NC(=O)/C=C/c2ccc(-c3cc(Cl)ccc3Cl)o2)c(Cl)c1. The molecule has 3 N–H and O–H groups in total. The number of amides is 1. The van der Waals surface area contributed by atoms with Crippen molar-refractivity contribution in [3.63, 3.8) is 0 Å². The second kappa shape index (κ2) is 7.87.